The average Bonchev–Trinajstić information content (AvgIpc) is 3.56. The number of hydrogen-bond donors (Lipinski definition) is 1. The standard InChI is InChI=1S/C23H22N4O3S2/c28-19(25-11-15-7-8-24-20(10-15)30-16-4-1-2-5-16)12-27-14-26-22-21(23(27)29)17(13-32-22)18-6-3-9-31-18/h3,6-10,13-14,16H,1-2,4-5,11-12H2,(H,25,28). The zero-order chi connectivity index (χ0) is 21.9. The first-order chi connectivity index (χ1) is 15.7. The molecule has 1 N–H and O–H groups in total. The fourth-order valence-corrected chi connectivity index (χ4v) is 5.63. The zero-order valence-corrected chi connectivity index (χ0v) is 19.0. The molecule has 0 unspecified atom stereocenters. The lowest BCUT2D eigenvalue weighted by Gasteiger charge is -2.13. The van der Waals surface area contributed by atoms with Gasteiger partial charge in [-0.25, -0.2) is 9.97 Å². The molecule has 0 radical (unpaired) electrons. The Morgan fingerprint density at radius 2 is 2.09 bits per heavy atom. The van der Waals surface area contributed by atoms with Gasteiger partial charge >= 0.3 is 0 Å². The summed E-state index contributed by atoms with van der Waals surface area (Å²) in [6, 6.07) is 7.64. The molecule has 164 valence electrons. The maximum Gasteiger partial charge on any atom is 0.263 e. The predicted molar refractivity (Wildman–Crippen MR) is 126 cm³/mol. The molecule has 32 heavy (non-hydrogen) atoms. The predicted octanol–water partition coefficient (Wildman–Crippen LogP) is 4.22. The first kappa shape index (κ1) is 20.8. The zero-order valence-electron chi connectivity index (χ0n) is 17.3. The third-order valence-corrected chi connectivity index (χ3v) is 7.33. The SMILES string of the molecule is O=C(Cn1cnc2scc(-c3cccs3)c2c1=O)NCc1ccnc(OC2CCCC2)c1. The highest BCUT2D eigenvalue weighted by molar-refractivity contribution is 7.18. The molecule has 4 aromatic rings. The summed E-state index contributed by atoms with van der Waals surface area (Å²) in [6.07, 6.45) is 7.89. The van der Waals surface area contributed by atoms with Crippen LogP contribution < -0.4 is 15.6 Å². The summed E-state index contributed by atoms with van der Waals surface area (Å²) in [5, 5.41) is 7.36. The van der Waals surface area contributed by atoms with Gasteiger partial charge < -0.3 is 10.1 Å². The van der Waals surface area contributed by atoms with Gasteiger partial charge in [-0.3, -0.25) is 14.2 Å². The number of carbonyl (C=O) groups excluding carboxylic acids is 1. The second-order valence-corrected chi connectivity index (χ2v) is 9.59. The van der Waals surface area contributed by atoms with Crippen molar-refractivity contribution < 1.29 is 9.53 Å². The summed E-state index contributed by atoms with van der Waals surface area (Å²) in [5.74, 6) is 0.337. The summed E-state index contributed by atoms with van der Waals surface area (Å²) in [5.41, 5.74) is 1.57. The Kier molecular flexibility index (Phi) is 6.00. The van der Waals surface area contributed by atoms with Crippen molar-refractivity contribution in [2.45, 2.75) is 44.9 Å². The summed E-state index contributed by atoms with van der Waals surface area (Å²) in [4.78, 5) is 36.0. The number of nitrogens with one attached hydrogen (secondary N) is 1. The van der Waals surface area contributed by atoms with Crippen molar-refractivity contribution in [2.75, 3.05) is 0 Å². The quantitative estimate of drug-likeness (QED) is 0.441. The summed E-state index contributed by atoms with van der Waals surface area (Å²) >= 11 is 3.01. The van der Waals surface area contributed by atoms with Crippen LogP contribution in [0, 0.1) is 0 Å². The molecule has 9 heteroatoms. The number of pyridine rings is 1. The van der Waals surface area contributed by atoms with Crippen LogP contribution >= 0.6 is 22.7 Å². The molecule has 0 spiro atoms. The molecule has 0 aromatic carbocycles. The van der Waals surface area contributed by atoms with Gasteiger partial charge in [-0.05, 0) is 48.8 Å². The largest absolute Gasteiger partial charge is 0.474 e. The molecular weight excluding hydrogens is 444 g/mol. The fraction of sp³-hybridized carbons (Fsp3) is 0.304. The minimum Gasteiger partial charge on any atom is -0.474 e. The average molecular weight is 467 g/mol. The molecule has 1 aliphatic carbocycles. The van der Waals surface area contributed by atoms with Crippen molar-refractivity contribution in [1.29, 1.82) is 0 Å². The van der Waals surface area contributed by atoms with Crippen molar-refractivity contribution in [3.05, 3.63) is 63.5 Å². The van der Waals surface area contributed by atoms with E-state index in [0.717, 1.165) is 28.8 Å². The van der Waals surface area contributed by atoms with Crippen LogP contribution in [0.5, 0.6) is 5.88 Å². The van der Waals surface area contributed by atoms with Gasteiger partial charge in [-0.2, -0.15) is 0 Å². The minimum absolute atomic E-state index is 0.0853. The molecule has 0 aliphatic heterocycles. The number of rotatable bonds is 7. The maximum absolute atomic E-state index is 13.1. The highest BCUT2D eigenvalue weighted by Crippen LogP contribution is 2.33. The van der Waals surface area contributed by atoms with Gasteiger partial charge in [0, 0.05) is 34.6 Å². The normalized spacial score (nSPS) is 14.1. The van der Waals surface area contributed by atoms with Gasteiger partial charge in [0.25, 0.3) is 5.56 Å². The smallest absolute Gasteiger partial charge is 0.263 e. The first-order valence-electron chi connectivity index (χ1n) is 10.6. The van der Waals surface area contributed by atoms with E-state index < -0.39 is 0 Å². The van der Waals surface area contributed by atoms with E-state index in [1.807, 2.05) is 35.0 Å². The van der Waals surface area contributed by atoms with E-state index >= 15 is 0 Å². The molecule has 4 aromatic heterocycles. The molecule has 0 atom stereocenters. The van der Waals surface area contributed by atoms with Gasteiger partial charge in [0.1, 0.15) is 17.5 Å². The number of fused-ring (bicyclic) bond motifs is 1. The van der Waals surface area contributed by atoms with E-state index in [1.54, 1.807) is 17.5 Å². The van der Waals surface area contributed by atoms with Crippen molar-refractivity contribution >= 4 is 38.8 Å². The number of carbonyl (C=O) groups is 1. The van der Waals surface area contributed by atoms with Gasteiger partial charge in [0.05, 0.1) is 11.7 Å². The van der Waals surface area contributed by atoms with Crippen LogP contribution in [0.15, 0.2) is 52.3 Å². The summed E-state index contributed by atoms with van der Waals surface area (Å²) in [6.45, 7) is 0.254. The Hall–Kier alpha value is -3.04. The highest BCUT2D eigenvalue weighted by atomic mass is 32.1. The molecular formula is C23H22N4O3S2. The van der Waals surface area contributed by atoms with Gasteiger partial charge in [-0.1, -0.05) is 6.07 Å². The Bertz CT molecular complexity index is 1290. The second-order valence-electron chi connectivity index (χ2n) is 7.79. The van der Waals surface area contributed by atoms with Crippen molar-refractivity contribution in [2.24, 2.45) is 0 Å². The topological polar surface area (TPSA) is 86.1 Å². The van der Waals surface area contributed by atoms with E-state index in [0.29, 0.717) is 22.6 Å². The lowest BCUT2D eigenvalue weighted by atomic mass is 10.2. The lowest BCUT2D eigenvalue weighted by molar-refractivity contribution is -0.121. The molecule has 0 saturated heterocycles. The molecule has 1 aliphatic rings. The Morgan fingerprint density at radius 1 is 1.22 bits per heavy atom. The monoisotopic (exact) mass is 466 g/mol. The van der Waals surface area contributed by atoms with E-state index in [-0.39, 0.29) is 24.1 Å². The molecule has 1 saturated carbocycles. The number of ether oxygens (including phenoxy) is 1. The second kappa shape index (κ2) is 9.22. The molecule has 4 heterocycles. The number of amides is 1. The van der Waals surface area contributed by atoms with E-state index in [9.17, 15) is 9.59 Å². The van der Waals surface area contributed by atoms with Crippen LogP contribution in [0.25, 0.3) is 20.7 Å². The third kappa shape index (κ3) is 4.44. The molecule has 5 rings (SSSR count). The number of nitrogens with zero attached hydrogens (tertiary/aromatic N) is 3. The van der Waals surface area contributed by atoms with E-state index in [1.165, 1.54) is 35.1 Å². The number of aromatic nitrogens is 3. The van der Waals surface area contributed by atoms with Crippen LogP contribution in [0.2, 0.25) is 0 Å². The summed E-state index contributed by atoms with van der Waals surface area (Å²) < 4.78 is 7.30. The van der Waals surface area contributed by atoms with Crippen LogP contribution in [-0.4, -0.2) is 26.5 Å². The van der Waals surface area contributed by atoms with Crippen molar-refractivity contribution in [3.63, 3.8) is 0 Å². The highest BCUT2D eigenvalue weighted by Gasteiger charge is 2.17. The van der Waals surface area contributed by atoms with E-state index in [2.05, 4.69) is 15.3 Å². The van der Waals surface area contributed by atoms with Gasteiger partial charge in [-0.15, -0.1) is 22.7 Å². The van der Waals surface area contributed by atoms with Gasteiger partial charge in [0.15, 0.2) is 0 Å². The van der Waals surface area contributed by atoms with Crippen molar-refractivity contribution in [1.82, 2.24) is 19.9 Å². The molecule has 7 nitrogen and oxygen atoms in total. The fourth-order valence-electron chi connectivity index (χ4n) is 3.91. The van der Waals surface area contributed by atoms with Crippen molar-refractivity contribution in [3.8, 4) is 16.3 Å². The summed E-state index contributed by atoms with van der Waals surface area (Å²) in [7, 11) is 0. The minimum atomic E-state index is -0.253. The number of thiophene rings is 2. The van der Waals surface area contributed by atoms with Crippen LogP contribution in [0.3, 0.4) is 0 Å². The molecule has 0 bridgehead atoms. The Labute approximate surface area is 192 Å². The molecule has 1 fully saturated rings. The van der Waals surface area contributed by atoms with Crippen LogP contribution in [-0.2, 0) is 17.9 Å². The van der Waals surface area contributed by atoms with Gasteiger partial charge in [0.2, 0.25) is 11.8 Å². The maximum atomic E-state index is 13.1. The third-order valence-electron chi connectivity index (χ3n) is 5.54. The van der Waals surface area contributed by atoms with Crippen LogP contribution in [0.4, 0.5) is 0 Å². The van der Waals surface area contributed by atoms with Crippen LogP contribution in [0.1, 0.15) is 31.2 Å². The lowest BCUT2D eigenvalue weighted by Crippen LogP contribution is -2.32. The van der Waals surface area contributed by atoms with E-state index in [4.69, 9.17) is 4.74 Å². The number of hydrogen-bond acceptors (Lipinski definition) is 7. The molecule has 1 amide bonds. The first-order valence-corrected chi connectivity index (χ1v) is 12.3. The Morgan fingerprint density at radius 3 is 2.91 bits per heavy atom. The Balaban J connectivity index is 1.26.